The molecule has 0 saturated carbocycles. The Hall–Kier alpha value is -2.84. The molecule has 5 heteroatoms. The van der Waals surface area contributed by atoms with E-state index in [9.17, 15) is 9.90 Å². The Morgan fingerprint density at radius 1 is 1.19 bits per heavy atom. The van der Waals surface area contributed by atoms with Gasteiger partial charge in [0, 0.05) is 31.3 Å². The standard InChI is InChI=1S/C15H19N3O2.C7H8/c1-2-12-8-18(9-13(12)10-19)15(20)17-14-5-3-4-11(6-14)7-16;1-7-5-3-2-4-6-7/h3-6,12-13,19H,2,8-10H2,1H3,(H,17,20);2-6H,1H3/t12-,13-;/m1./s1. The molecule has 0 aromatic heterocycles. The SMILES string of the molecule is CC[C@@H]1CN(C(=O)Nc2cccc(C#N)c2)C[C@@H]1CO.Cc1ccccc1. The first-order chi connectivity index (χ1) is 13.1. The summed E-state index contributed by atoms with van der Waals surface area (Å²) in [4.78, 5) is 13.9. The summed E-state index contributed by atoms with van der Waals surface area (Å²) >= 11 is 0. The number of benzene rings is 2. The number of urea groups is 1. The average molecular weight is 365 g/mol. The summed E-state index contributed by atoms with van der Waals surface area (Å²) in [5, 5.41) is 21.0. The molecule has 3 rings (SSSR count). The lowest BCUT2D eigenvalue weighted by molar-refractivity contribution is 0.197. The van der Waals surface area contributed by atoms with Crippen LogP contribution in [0.3, 0.4) is 0 Å². The maximum Gasteiger partial charge on any atom is 0.321 e. The fraction of sp³-hybridized carbons (Fsp3) is 0.364. The largest absolute Gasteiger partial charge is 0.396 e. The van der Waals surface area contributed by atoms with Gasteiger partial charge in [0.05, 0.1) is 11.6 Å². The van der Waals surface area contributed by atoms with Crippen LogP contribution < -0.4 is 5.32 Å². The first-order valence-electron chi connectivity index (χ1n) is 9.26. The Balaban J connectivity index is 0.000000313. The van der Waals surface area contributed by atoms with E-state index in [1.54, 1.807) is 29.2 Å². The number of likely N-dealkylation sites (tertiary alicyclic amines) is 1. The molecule has 1 aliphatic heterocycles. The highest BCUT2D eigenvalue weighted by Gasteiger charge is 2.33. The van der Waals surface area contributed by atoms with Crippen molar-refractivity contribution in [3.05, 3.63) is 65.7 Å². The third kappa shape index (κ3) is 6.12. The van der Waals surface area contributed by atoms with Crippen molar-refractivity contribution in [1.29, 1.82) is 5.26 Å². The summed E-state index contributed by atoms with van der Waals surface area (Å²) in [6.45, 7) is 5.53. The fourth-order valence-electron chi connectivity index (χ4n) is 3.18. The second-order valence-corrected chi connectivity index (χ2v) is 6.79. The van der Waals surface area contributed by atoms with Crippen LogP contribution in [0.4, 0.5) is 10.5 Å². The van der Waals surface area contributed by atoms with Crippen molar-refractivity contribution in [3.63, 3.8) is 0 Å². The molecule has 2 amide bonds. The minimum Gasteiger partial charge on any atom is -0.396 e. The van der Waals surface area contributed by atoms with Crippen LogP contribution >= 0.6 is 0 Å². The Bertz CT molecular complexity index is 759. The van der Waals surface area contributed by atoms with E-state index in [0.29, 0.717) is 30.3 Å². The Morgan fingerprint density at radius 3 is 2.41 bits per heavy atom. The zero-order valence-electron chi connectivity index (χ0n) is 15.9. The summed E-state index contributed by atoms with van der Waals surface area (Å²) < 4.78 is 0. The van der Waals surface area contributed by atoms with E-state index in [4.69, 9.17) is 5.26 Å². The summed E-state index contributed by atoms with van der Waals surface area (Å²) in [5.41, 5.74) is 2.46. The minimum absolute atomic E-state index is 0.117. The number of nitriles is 1. The lowest BCUT2D eigenvalue weighted by Crippen LogP contribution is -2.33. The number of nitrogens with zero attached hydrogens (tertiary/aromatic N) is 2. The zero-order valence-corrected chi connectivity index (χ0v) is 15.9. The lowest BCUT2D eigenvalue weighted by atomic mass is 9.95. The van der Waals surface area contributed by atoms with E-state index in [2.05, 4.69) is 31.3 Å². The highest BCUT2D eigenvalue weighted by atomic mass is 16.3. The molecule has 0 unspecified atom stereocenters. The molecular weight excluding hydrogens is 338 g/mol. The van der Waals surface area contributed by atoms with E-state index in [1.807, 2.05) is 24.3 Å². The predicted octanol–water partition coefficient (Wildman–Crippen LogP) is 4.04. The Morgan fingerprint density at radius 2 is 1.89 bits per heavy atom. The molecule has 27 heavy (non-hydrogen) atoms. The van der Waals surface area contributed by atoms with Gasteiger partial charge in [0.1, 0.15) is 0 Å². The number of aliphatic hydroxyl groups excluding tert-OH is 1. The number of anilines is 1. The maximum atomic E-state index is 12.2. The third-order valence-corrected chi connectivity index (χ3v) is 4.81. The van der Waals surface area contributed by atoms with Crippen molar-refractivity contribution in [2.75, 3.05) is 25.0 Å². The number of nitrogens with one attached hydrogen (secondary N) is 1. The van der Waals surface area contributed by atoms with Crippen LogP contribution in [0.1, 0.15) is 24.5 Å². The first-order valence-corrected chi connectivity index (χ1v) is 9.26. The Labute approximate surface area is 161 Å². The van der Waals surface area contributed by atoms with Crippen molar-refractivity contribution in [1.82, 2.24) is 4.90 Å². The number of carbonyl (C=O) groups is 1. The van der Waals surface area contributed by atoms with Gasteiger partial charge in [-0.1, -0.05) is 55.3 Å². The Kier molecular flexibility index (Phi) is 7.84. The van der Waals surface area contributed by atoms with Gasteiger partial charge < -0.3 is 15.3 Å². The van der Waals surface area contributed by atoms with Gasteiger partial charge in [-0.15, -0.1) is 0 Å². The second kappa shape index (κ2) is 10.3. The van der Waals surface area contributed by atoms with Gasteiger partial charge in [-0.3, -0.25) is 0 Å². The van der Waals surface area contributed by atoms with Crippen LogP contribution in [0.5, 0.6) is 0 Å². The van der Waals surface area contributed by atoms with Gasteiger partial charge in [0.25, 0.3) is 0 Å². The van der Waals surface area contributed by atoms with E-state index < -0.39 is 0 Å². The lowest BCUT2D eigenvalue weighted by Gasteiger charge is -2.17. The maximum absolute atomic E-state index is 12.2. The van der Waals surface area contributed by atoms with Crippen LogP contribution in [-0.2, 0) is 0 Å². The smallest absolute Gasteiger partial charge is 0.321 e. The molecule has 1 saturated heterocycles. The zero-order chi connectivity index (χ0) is 19.6. The molecule has 2 aromatic rings. The van der Waals surface area contributed by atoms with Crippen LogP contribution in [0.25, 0.3) is 0 Å². The van der Waals surface area contributed by atoms with Crippen LogP contribution in [0.2, 0.25) is 0 Å². The molecule has 1 heterocycles. The summed E-state index contributed by atoms with van der Waals surface area (Å²) in [5.74, 6) is 0.521. The topological polar surface area (TPSA) is 76.4 Å². The number of rotatable bonds is 3. The third-order valence-electron chi connectivity index (χ3n) is 4.81. The van der Waals surface area contributed by atoms with E-state index in [-0.39, 0.29) is 18.6 Å². The molecule has 0 bridgehead atoms. The van der Waals surface area contributed by atoms with Gasteiger partial charge in [0.15, 0.2) is 0 Å². The summed E-state index contributed by atoms with van der Waals surface area (Å²) in [6.07, 6.45) is 0.957. The van der Waals surface area contributed by atoms with Crippen molar-refractivity contribution in [2.24, 2.45) is 11.8 Å². The molecule has 2 aromatic carbocycles. The van der Waals surface area contributed by atoms with Crippen molar-refractivity contribution < 1.29 is 9.90 Å². The molecule has 142 valence electrons. The molecule has 1 aliphatic rings. The highest BCUT2D eigenvalue weighted by molar-refractivity contribution is 5.89. The summed E-state index contributed by atoms with van der Waals surface area (Å²) in [7, 11) is 0. The number of amides is 2. The normalized spacial score (nSPS) is 18.2. The molecule has 5 nitrogen and oxygen atoms in total. The highest BCUT2D eigenvalue weighted by Crippen LogP contribution is 2.26. The molecule has 0 spiro atoms. The van der Waals surface area contributed by atoms with Gasteiger partial charge in [-0.25, -0.2) is 4.79 Å². The van der Waals surface area contributed by atoms with Crippen molar-refractivity contribution >= 4 is 11.7 Å². The number of hydrogen-bond acceptors (Lipinski definition) is 3. The molecule has 0 radical (unpaired) electrons. The first kappa shape index (κ1) is 20.5. The van der Waals surface area contributed by atoms with Crippen LogP contribution in [0.15, 0.2) is 54.6 Å². The van der Waals surface area contributed by atoms with E-state index in [0.717, 1.165) is 6.42 Å². The molecule has 1 fully saturated rings. The van der Waals surface area contributed by atoms with Gasteiger partial charge in [-0.2, -0.15) is 5.26 Å². The quantitative estimate of drug-likeness (QED) is 0.862. The summed E-state index contributed by atoms with van der Waals surface area (Å²) in [6, 6.07) is 19.0. The number of hydrogen-bond donors (Lipinski definition) is 2. The molecule has 2 N–H and O–H groups in total. The van der Waals surface area contributed by atoms with Crippen LogP contribution in [0, 0.1) is 30.1 Å². The molecule has 0 aliphatic carbocycles. The molecular formula is C22H27N3O2. The van der Waals surface area contributed by atoms with E-state index in [1.165, 1.54) is 5.56 Å². The van der Waals surface area contributed by atoms with Crippen molar-refractivity contribution in [3.8, 4) is 6.07 Å². The average Bonchev–Trinajstić information content (AvgIpc) is 3.13. The van der Waals surface area contributed by atoms with Crippen molar-refractivity contribution in [2.45, 2.75) is 20.3 Å². The number of aryl methyl sites for hydroxylation is 1. The van der Waals surface area contributed by atoms with Gasteiger partial charge in [-0.05, 0) is 31.0 Å². The van der Waals surface area contributed by atoms with E-state index >= 15 is 0 Å². The number of carbonyl (C=O) groups excluding carboxylic acids is 1. The predicted molar refractivity (Wildman–Crippen MR) is 107 cm³/mol. The van der Waals surface area contributed by atoms with Gasteiger partial charge in [0.2, 0.25) is 0 Å². The van der Waals surface area contributed by atoms with Gasteiger partial charge >= 0.3 is 6.03 Å². The van der Waals surface area contributed by atoms with Crippen LogP contribution in [-0.4, -0.2) is 35.7 Å². The molecule has 2 atom stereocenters. The minimum atomic E-state index is -0.172. The fourth-order valence-corrected chi connectivity index (χ4v) is 3.18. The number of aliphatic hydroxyl groups is 1. The monoisotopic (exact) mass is 365 g/mol. The second-order valence-electron chi connectivity index (χ2n) is 6.79.